The van der Waals surface area contributed by atoms with Gasteiger partial charge in [-0.2, -0.15) is 17.0 Å². The fraction of sp³-hybridized carbons (Fsp3) is 1.00. The van der Waals surface area contributed by atoms with Crippen LogP contribution in [0.25, 0.3) is 0 Å². The topological polar surface area (TPSA) is 66.6 Å². The standard InChI is InChI=1S/C12H25N3O2S/c1-2-7-15(12-3-4-12)18(16,17)14-8-5-11(10-13)6-9-14/h11-12H,2-10,13H2,1H3. The molecule has 18 heavy (non-hydrogen) atoms. The van der Waals surface area contributed by atoms with E-state index in [9.17, 15) is 8.42 Å². The van der Waals surface area contributed by atoms with E-state index in [1.165, 1.54) is 0 Å². The van der Waals surface area contributed by atoms with E-state index < -0.39 is 10.2 Å². The maximum Gasteiger partial charge on any atom is 0.282 e. The summed E-state index contributed by atoms with van der Waals surface area (Å²) < 4.78 is 28.5. The van der Waals surface area contributed by atoms with Crippen LogP contribution in [-0.4, -0.2) is 49.2 Å². The molecule has 0 unspecified atom stereocenters. The number of nitrogens with two attached hydrogens (primary N) is 1. The average Bonchev–Trinajstić information content (AvgIpc) is 3.20. The van der Waals surface area contributed by atoms with Crippen LogP contribution in [0.5, 0.6) is 0 Å². The summed E-state index contributed by atoms with van der Waals surface area (Å²) in [4.78, 5) is 0. The van der Waals surface area contributed by atoms with Crippen LogP contribution in [0.4, 0.5) is 0 Å². The van der Waals surface area contributed by atoms with Crippen molar-refractivity contribution in [3.8, 4) is 0 Å². The van der Waals surface area contributed by atoms with Crippen LogP contribution >= 0.6 is 0 Å². The Morgan fingerprint density at radius 2 is 1.83 bits per heavy atom. The lowest BCUT2D eigenvalue weighted by Crippen LogP contribution is -2.48. The van der Waals surface area contributed by atoms with Gasteiger partial charge in [0.05, 0.1) is 0 Å². The molecular weight excluding hydrogens is 250 g/mol. The molecule has 0 radical (unpaired) electrons. The number of piperidine rings is 1. The average molecular weight is 275 g/mol. The molecule has 0 spiro atoms. The number of hydrogen-bond donors (Lipinski definition) is 1. The Bertz CT molecular complexity index is 360. The van der Waals surface area contributed by atoms with Crippen molar-refractivity contribution in [2.75, 3.05) is 26.2 Å². The third-order valence-corrected chi connectivity index (χ3v) is 6.02. The largest absolute Gasteiger partial charge is 0.330 e. The molecule has 2 fully saturated rings. The highest BCUT2D eigenvalue weighted by Crippen LogP contribution is 2.31. The van der Waals surface area contributed by atoms with Crippen LogP contribution in [0, 0.1) is 5.92 Å². The quantitative estimate of drug-likeness (QED) is 0.779. The fourth-order valence-corrected chi connectivity index (χ4v) is 4.56. The molecular formula is C12H25N3O2S. The summed E-state index contributed by atoms with van der Waals surface area (Å²) in [7, 11) is -3.23. The van der Waals surface area contributed by atoms with E-state index in [4.69, 9.17) is 5.73 Å². The molecule has 0 bridgehead atoms. The Kier molecular flexibility index (Phi) is 4.64. The maximum atomic E-state index is 12.6. The Morgan fingerprint density at radius 1 is 1.22 bits per heavy atom. The zero-order chi connectivity index (χ0) is 13.2. The van der Waals surface area contributed by atoms with Gasteiger partial charge in [-0.1, -0.05) is 6.92 Å². The molecule has 0 aromatic rings. The molecule has 0 aromatic heterocycles. The summed E-state index contributed by atoms with van der Waals surface area (Å²) in [5, 5.41) is 0. The predicted molar refractivity (Wildman–Crippen MR) is 72.3 cm³/mol. The lowest BCUT2D eigenvalue weighted by Gasteiger charge is -2.34. The predicted octanol–water partition coefficient (Wildman–Crippen LogP) is 0.776. The van der Waals surface area contributed by atoms with Crippen molar-refractivity contribution in [3.63, 3.8) is 0 Å². The zero-order valence-corrected chi connectivity index (χ0v) is 12.0. The smallest absolute Gasteiger partial charge is 0.282 e. The normalized spacial score (nSPS) is 23.7. The van der Waals surface area contributed by atoms with Crippen molar-refractivity contribution in [1.29, 1.82) is 0 Å². The van der Waals surface area contributed by atoms with E-state index >= 15 is 0 Å². The van der Waals surface area contributed by atoms with E-state index in [0.29, 0.717) is 32.1 Å². The summed E-state index contributed by atoms with van der Waals surface area (Å²) in [5.74, 6) is 0.497. The summed E-state index contributed by atoms with van der Waals surface area (Å²) >= 11 is 0. The molecule has 6 heteroatoms. The molecule has 1 aliphatic carbocycles. The van der Waals surface area contributed by atoms with Gasteiger partial charge in [-0.15, -0.1) is 0 Å². The van der Waals surface area contributed by atoms with Crippen molar-refractivity contribution in [2.45, 2.75) is 45.1 Å². The molecule has 2 aliphatic rings. The van der Waals surface area contributed by atoms with E-state index in [1.807, 2.05) is 6.92 Å². The van der Waals surface area contributed by atoms with Gasteiger partial charge in [-0.3, -0.25) is 0 Å². The monoisotopic (exact) mass is 275 g/mol. The summed E-state index contributed by atoms with van der Waals surface area (Å²) in [6.45, 7) is 4.64. The van der Waals surface area contributed by atoms with Gasteiger partial charge >= 0.3 is 0 Å². The van der Waals surface area contributed by atoms with Crippen molar-refractivity contribution in [2.24, 2.45) is 11.7 Å². The van der Waals surface area contributed by atoms with Crippen molar-refractivity contribution >= 4 is 10.2 Å². The van der Waals surface area contributed by atoms with Gasteiger partial charge in [0.2, 0.25) is 0 Å². The molecule has 1 heterocycles. The molecule has 0 aromatic carbocycles. The number of nitrogens with zero attached hydrogens (tertiary/aromatic N) is 2. The minimum atomic E-state index is -3.23. The zero-order valence-electron chi connectivity index (χ0n) is 11.2. The molecule has 2 rings (SSSR count). The molecule has 106 valence electrons. The second-order valence-corrected chi connectivity index (χ2v) is 7.31. The van der Waals surface area contributed by atoms with Gasteiger partial charge in [0.15, 0.2) is 0 Å². The van der Waals surface area contributed by atoms with Gasteiger partial charge in [0.25, 0.3) is 10.2 Å². The first kappa shape index (κ1) is 14.2. The van der Waals surface area contributed by atoms with Crippen LogP contribution in [0.3, 0.4) is 0 Å². The second kappa shape index (κ2) is 5.86. The molecule has 0 amide bonds. The Hall–Kier alpha value is -0.170. The maximum absolute atomic E-state index is 12.6. The fourth-order valence-electron chi connectivity index (χ4n) is 2.59. The minimum absolute atomic E-state index is 0.266. The lowest BCUT2D eigenvalue weighted by atomic mass is 9.99. The third-order valence-electron chi connectivity index (χ3n) is 3.93. The Balaban J connectivity index is 2.01. The third kappa shape index (κ3) is 3.04. The Labute approximate surface area is 110 Å². The van der Waals surface area contributed by atoms with Crippen LogP contribution in [0.1, 0.15) is 39.0 Å². The molecule has 1 saturated heterocycles. The molecule has 1 saturated carbocycles. The second-order valence-electron chi connectivity index (χ2n) is 5.43. The Morgan fingerprint density at radius 3 is 2.28 bits per heavy atom. The minimum Gasteiger partial charge on any atom is -0.330 e. The first-order valence-corrected chi connectivity index (χ1v) is 8.46. The first-order valence-electron chi connectivity index (χ1n) is 7.06. The van der Waals surface area contributed by atoms with Crippen LogP contribution < -0.4 is 5.73 Å². The highest BCUT2D eigenvalue weighted by atomic mass is 32.2. The van der Waals surface area contributed by atoms with Gasteiger partial charge in [0.1, 0.15) is 0 Å². The molecule has 1 aliphatic heterocycles. The van der Waals surface area contributed by atoms with Gasteiger partial charge in [0, 0.05) is 25.7 Å². The van der Waals surface area contributed by atoms with Gasteiger partial charge in [-0.05, 0) is 44.6 Å². The van der Waals surface area contributed by atoms with E-state index in [0.717, 1.165) is 32.1 Å². The van der Waals surface area contributed by atoms with Gasteiger partial charge in [-0.25, -0.2) is 0 Å². The van der Waals surface area contributed by atoms with Crippen molar-refractivity contribution in [3.05, 3.63) is 0 Å². The number of rotatable bonds is 6. The highest BCUT2D eigenvalue weighted by molar-refractivity contribution is 7.86. The van der Waals surface area contributed by atoms with E-state index in [1.54, 1.807) is 8.61 Å². The molecule has 2 N–H and O–H groups in total. The van der Waals surface area contributed by atoms with Crippen molar-refractivity contribution in [1.82, 2.24) is 8.61 Å². The summed E-state index contributed by atoms with van der Waals surface area (Å²) in [6, 6.07) is 0.266. The van der Waals surface area contributed by atoms with Crippen LogP contribution in [-0.2, 0) is 10.2 Å². The summed E-state index contributed by atoms with van der Waals surface area (Å²) in [6.07, 6.45) is 4.74. The van der Waals surface area contributed by atoms with E-state index in [2.05, 4.69) is 0 Å². The first-order chi connectivity index (χ1) is 8.59. The van der Waals surface area contributed by atoms with Crippen LogP contribution in [0.2, 0.25) is 0 Å². The lowest BCUT2D eigenvalue weighted by molar-refractivity contribution is 0.255. The van der Waals surface area contributed by atoms with Gasteiger partial charge < -0.3 is 5.73 Å². The summed E-state index contributed by atoms with van der Waals surface area (Å²) in [5.41, 5.74) is 5.65. The van der Waals surface area contributed by atoms with E-state index in [-0.39, 0.29) is 6.04 Å². The number of hydrogen-bond acceptors (Lipinski definition) is 3. The highest BCUT2D eigenvalue weighted by Gasteiger charge is 2.40. The molecule has 0 atom stereocenters. The van der Waals surface area contributed by atoms with Crippen molar-refractivity contribution < 1.29 is 8.42 Å². The SMILES string of the molecule is CCCN(C1CC1)S(=O)(=O)N1CCC(CN)CC1. The van der Waals surface area contributed by atoms with Crippen LogP contribution in [0.15, 0.2) is 0 Å². The molecule has 5 nitrogen and oxygen atoms in total.